The number of esters is 2. The van der Waals surface area contributed by atoms with Crippen LogP contribution in [0.15, 0.2) is 66.5 Å². The molecule has 0 aromatic heterocycles. The molecular formula is C24H22FNO5. The van der Waals surface area contributed by atoms with Gasteiger partial charge in [-0.1, -0.05) is 44.2 Å². The Bertz CT molecular complexity index is 1040. The molecule has 0 radical (unpaired) electrons. The standard InChI is InChI=1S/C24H22FNO5/c1-24(2)18(13-19(25)22(27)29-3)21(24)23(28)31-20(14-26)15-8-7-11-17(12-15)30-16-9-5-4-6-10-16/h4-13,18,20-21H,1-3H3/b19-13+/t18-,20+,21-/m0/s1. The quantitative estimate of drug-likeness (QED) is 0.466. The van der Waals surface area contributed by atoms with Crippen LogP contribution in [0, 0.1) is 28.6 Å². The number of para-hydroxylation sites is 1. The summed E-state index contributed by atoms with van der Waals surface area (Å²) >= 11 is 0. The predicted molar refractivity (Wildman–Crippen MR) is 109 cm³/mol. The fourth-order valence-corrected chi connectivity index (χ4v) is 3.49. The van der Waals surface area contributed by atoms with E-state index in [1.807, 2.05) is 24.3 Å². The molecule has 3 atom stereocenters. The van der Waals surface area contributed by atoms with Gasteiger partial charge in [0.15, 0.2) is 0 Å². The Labute approximate surface area is 179 Å². The molecule has 6 nitrogen and oxygen atoms in total. The van der Waals surface area contributed by atoms with Gasteiger partial charge in [-0.15, -0.1) is 0 Å². The lowest BCUT2D eigenvalue weighted by molar-refractivity contribution is -0.149. The van der Waals surface area contributed by atoms with Crippen LogP contribution >= 0.6 is 0 Å². The largest absolute Gasteiger partial charge is 0.464 e. The molecule has 0 heterocycles. The molecule has 2 aromatic rings. The van der Waals surface area contributed by atoms with Crippen LogP contribution in [0.5, 0.6) is 11.5 Å². The first-order valence-electron chi connectivity index (χ1n) is 9.66. The summed E-state index contributed by atoms with van der Waals surface area (Å²) in [6.07, 6.45) is -0.0775. The maximum absolute atomic E-state index is 13.9. The van der Waals surface area contributed by atoms with Gasteiger partial charge >= 0.3 is 11.9 Å². The van der Waals surface area contributed by atoms with E-state index in [9.17, 15) is 19.2 Å². The maximum Gasteiger partial charge on any atom is 0.366 e. The third kappa shape index (κ3) is 4.92. The highest BCUT2D eigenvalue weighted by Crippen LogP contribution is 2.60. The molecule has 1 aliphatic carbocycles. The number of benzene rings is 2. The number of ether oxygens (including phenoxy) is 3. The van der Waals surface area contributed by atoms with Crippen molar-refractivity contribution in [1.29, 1.82) is 5.26 Å². The first-order chi connectivity index (χ1) is 14.8. The molecule has 7 heteroatoms. The predicted octanol–water partition coefficient (Wildman–Crippen LogP) is 4.89. The minimum atomic E-state index is -1.15. The summed E-state index contributed by atoms with van der Waals surface area (Å²) in [5, 5.41) is 9.56. The van der Waals surface area contributed by atoms with Crippen molar-refractivity contribution in [3.63, 3.8) is 0 Å². The second kappa shape index (κ2) is 9.00. The van der Waals surface area contributed by atoms with Gasteiger partial charge in [-0.25, -0.2) is 4.79 Å². The van der Waals surface area contributed by atoms with Gasteiger partial charge in [0.05, 0.1) is 13.0 Å². The second-order valence-electron chi connectivity index (χ2n) is 7.76. The zero-order valence-electron chi connectivity index (χ0n) is 17.4. The smallest absolute Gasteiger partial charge is 0.366 e. The summed E-state index contributed by atoms with van der Waals surface area (Å²) in [6, 6.07) is 17.8. The van der Waals surface area contributed by atoms with Crippen molar-refractivity contribution in [3.8, 4) is 17.6 Å². The summed E-state index contributed by atoms with van der Waals surface area (Å²) in [4.78, 5) is 24.0. The van der Waals surface area contributed by atoms with Crippen LogP contribution in [-0.4, -0.2) is 19.0 Å². The van der Waals surface area contributed by atoms with E-state index < -0.39 is 41.1 Å². The van der Waals surface area contributed by atoms with Gasteiger partial charge in [0.2, 0.25) is 11.9 Å². The molecule has 3 rings (SSSR count). The molecule has 2 aromatic carbocycles. The number of carbonyl (C=O) groups excluding carboxylic acids is 2. The van der Waals surface area contributed by atoms with Gasteiger partial charge in [0, 0.05) is 5.56 Å². The molecule has 0 spiro atoms. The van der Waals surface area contributed by atoms with Crippen molar-refractivity contribution in [2.75, 3.05) is 7.11 Å². The first kappa shape index (κ1) is 22.0. The maximum atomic E-state index is 13.9. The van der Waals surface area contributed by atoms with Crippen LogP contribution in [-0.2, 0) is 19.1 Å². The molecule has 1 saturated carbocycles. The van der Waals surface area contributed by atoms with E-state index in [4.69, 9.17) is 9.47 Å². The minimum Gasteiger partial charge on any atom is -0.464 e. The summed E-state index contributed by atoms with van der Waals surface area (Å²) in [5.74, 6) is -2.88. The third-order valence-corrected chi connectivity index (χ3v) is 5.36. The Kier molecular flexibility index (Phi) is 6.40. The Morgan fingerprint density at radius 3 is 2.45 bits per heavy atom. The summed E-state index contributed by atoms with van der Waals surface area (Å²) in [6.45, 7) is 3.53. The number of methoxy groups -OCH3 is 1. The molecule has 0 N–H and O–H groups in total. The molecule has 160 valence electrons. The van der Waals surface area contributed by atoms with E-state index >= 15 is 0 Å². The van der Waals surface area contributed by atoms with Crippen LogP contribution in [0.3, 0.4) is 0 Å². The number of rotatable bonds is 7. The van der Waals surface area contributed by atoms with Gasteiger partial charge in [-0.2, -0.15) is 9.65 Å². The molecule has 0 bridgehead atoms. The average Bonchev–Trinajstić information content (AvgIpc) is 3.31. The van der Waals surface area contributed by atoms with Crippen LogP contribution in [0.1, 0.15) is 25.5 Å². The number of allylic oxidation sites excluding steroid dienone is 1. The Morgan fingerprint density at radius 2 is 1.81 bits per heavy atom. The topological polar surface area (TPSA) is 85.6 Å². The van der Waals surface area contributed by atoms with Crippen molar-refractivity contribution in [1.82, 2.24) is 0 Å². The molecule has 0 amide bonds. The van der Waals surface area contributed by atoms with Crippen molar-refractivity contribution in [2.24, 2.45) is 17.3 Å². The zero-order chi connectivity index (χ0) is 22.6. The van der Waals surface area contributed by atoms with E-state index in [-0.39, 0.29) is 0 Å². The Hall–Kier alpha value is -3.66. The SMILES string of the molecule is COC(=O)/C(F)=C\[C@H]1[C@@H](C(=O)O[C@H](C#N)c2cccc(Oc3ccccc3)c2)C1(C)C. The third-order valence-electron chi connectivity index (χ3n) is 5.36. The molecule has 31 heavy (non-hydrogen) atoms. The van der Waals surface area contributed by atoms with Crippen molar-refractivity contribution in [3.05, 3.63) is 72.1 Å². The van der Waals surface area contributed by atoms with Gasteiger partial charge in [-0.3, -0.25) is 4.79 Å². The van der Waals surface area contributed by atoms with Crippen LogP contribution < -0.4 is 4.74 Å². The number of carbonyl (C=O) groups is 2. The fourth-order valence-electron chi connectivity index (χ4n) is 3.49. The van der Waals surface area contributed by atoms with Crippen LogP contribution in [0.2, 0.25) is 0 Å². The molecule has 0 saturated heterocycles. The van der Waals surface area contributed by atoms with E-state index in [1.165, 1.54) is 0 Å². The lowest BCUT2D eigenvalue weighted by Crippen LogP contribution is -2.14. The molecular weight excluding hydrogens is 401 g/mol. The normalized spacial score (nSPS) is 20.2. The number of hydrogen-bond donors (Lipinski definition) is 0. The Morgan fingerprint density at radius 1 is 1.13 bits per heavy atom. The molecule has 1 aliphatic rings. The first-order valence-corrected chi connectivity index (χ1v) is 9.66. The molecule has 1 fully saturated rings. The second-order valence-corrected chi connectivity index (χ2v) is 7.76. The van der Waals surface area contributed by atoms with Crippen molar-refractivity contribution >= 4 is 11.9 Å². The average molecular weight is 423 g/mol. The van der Waals surface area contributed by atoms with E-state index in [0.29, 0.717) is 17.1 Å². The van der Waals surface area contributed by atoms with Crippen LogP contribution in [0.25, 0.3) is 0 Å². The summed E-state index contributed by atoms with van der Waals surface area (Å²) in [5.41, 5.74) is -0.156. The highest BCUT2D eigenvalue weighted by molar-refractivity contribution is 5.86. The summed E-state index contributed by atoms with van der Waals surface area (Å²) in [7, 11) is 1.08. The van der Waals surface area contributed by atoms with Gasteiger partial charge in [0.1, 0.15) is 17.6 Å². The number of halogens is 1. The van der Waals surface area contributed by atoms with Crippen molar-refractivity contribution in [2.45, 2.75) is 20.0 Å². The highest BCUT2D eigenvalue weighted by atomic mass is 19.1. The zero-order valence-corrected chi connectivity index (χ0v) is 17.4. The van der Waals surface area contributed by atoms with E-state index in [0.717, 1.165) is 13.2 Å². The van der Waals surface area contributed by atoms with E-state index in [1.54, 1.807) is 50.2 Å². The van der Waals surface area contributed by atoms with Crippen LogP contribution in [0.4, 0.5) is 4.39 Å². The van der Waals surface area contributed by atoms with Crippen molar-refractivity contribution < 1.29 is 28.2 Å². The Balaban J connectivity index is 1.71. The number of nitrogens with zero attached hydrogens (tertiary/aromatic N) is 1. The summed E-state index contributed by atoms with van der Waals surface area (Å²) < 4.78 is 29.4. The lowest BCUT2D eigenvalue weighted by Gasteiger charge is -2.13. The lowest BCUT2D eigenvalue weighted by atomic mass is 10.1. The van der Waals surface area contributed by atoms with Gasteiger partial charge < -0.3 is 14.2 Å². The monoisotopic (exact) mass is 423 g/mol. The molecule has 0 unspecified atom stereocenters. The highest BCUT2D eigenvalue weighted by Gasteiger charge is 2.62. The minimum absolute atomic E-state index is 0.454. The molecule has 0 aliphatic heterocycles. The van der Waals surface area contributed by atoms with Gasteiger partial charge in [0.25, 0.3) is 0 Å². The van der Waals surface area contributed by atoms with E-state index in [2.05, 4.69) is 4.74 Å². The fraction of sp³-hybridized carbons (Fsp3) is 0.292. The number of nitriles is 1. The van der Waals surface area contributed by atoms with Gasteiger partial charge in [-0.05, 0) is 41.7 Å². The number of hydrogen-bond acceptors (Lipinski definition) is 6.